The van der Waals surface area contributed by atoms with E-state index in [1.165, 1.54) is 18.5 Å². The van der Waals surface area contributed by atoms with Crippen LogP contribution in [-0.4, -0.2) is 9.97 Å². The van der Waals surface area contributed by atoms with Crippen LogP contribution in [0.4, 0.5) is 8.78 Å². The van der Waals surface area contributed by atoms with Crippen molar-refractivity contribution < 1.29 is 8.78 Å². The Morgan fingerprint density at radius 3 is 2.41 bits per heavy atom. The first-order valence-electron chi connectivity index (χ1n) is 5.10. The van der Waals surface area contributed by atoms with Gasteiger partial charge in [-0.1, -0.05) is 6.07 Å². The Morgan fingerprint density at radius 2 is 1.82 bits per heavy atom. The van der Waals surface area contributed by atoms with Crippen LogP contribution in [0.15, 0.2) is 30.6 Å². The maximum Gasteiger partial charge on any atom is 0.159 e. The quantitative estimate of drug-likeness (QED) is 0.887. The van der Waals surface area contributed by atoms with E-state index in [1.807, 2.05) is 0 Å². The monoisotopic (exact) mass is 235 g/mol. The van der Waals surface area contributed by atoms with E-state index in [9.17, 15) is 8.78 Å². The molecule has 0 aliphatic heterocycles. The van der Waals surface area contributed by atoms with Crippen molar-refractivity contribution in [3.05, 3.63) is 47.8 Å². The van der Waals surface area contributed by atoms with Crippen LogP contribution in [0.1, 0.15) is 11.4 Å². The third-order valence-electron chi connectivity index (χ3n) is 2.42. The third kappa shape index (κ3) is 2.45. The summed E-state index contributed by atoms with van der Waals surface area (Å²) in [4.78, 5) is 7.68. The summed E-state index contributed by atoms with van der Waals surface area (Å²) >= 11 is 0. The number of aromatic nitrogens is 2. The first-order chi connectivity index (χ1) is 8.24. The van der Waals surface area contributed by atoms with Gasteiger partial charge in [0.25, 0.3) is 0 Å². The normalized spacial score (nSPS) is 10.5. The van der Waals surface area contributed by atoms with E-state index in [0.29, 0.717) is 11.1 Å². The zero-order valence-corrected chi connectivity index (χ0v) is 9.03. The Labute approximate surface area is 97.3 Å². The standard InChI is InChI=1S/C12H11F2N3/c13-4-12-16-6-10(7-17-12)8-1-2-11(14)9(3-8)5-15/h1-3,6-7H,4-5,15H2. The minimum atomic E-state index is -0.697. The van der Waals surface area contributed by atoms with Crippen molar-refractivity contribution in [2.24, 2.45) is 5.73 Å². The molecule has 2 N–H and O–H groups in total. The van der Waals surface area contributed by atoms with Gasteiger partial charge in [0.05, 0.1) is 0 Å². The average Bonchev–Trinajstić information content (AvgIpc) is 2.39. The maximum atomic E-state index is 13.2. The van der Waals surface area contributed by atoms with Crippen LogP contribution in [0, 0.1) is 5.82 Å². The second-order valence-electron chi connectivity index (χ2n) is 3.53. The van der Waals surface area contributed by atoms with Crippen molar-refractivity contribution in [2.45, 2.75) is 13.2 Å². The van der Waals surface area contributed by atoms with Crippen LogP contribution in [0.2, 0.25) is 0 Å². The molecular weight excluding hydrogens is 224 g/mol. The van der Waals surface area contributed by atoms with Gasteiger partial charge in [-0.05, 0) is 17.7 Å². The molecule has 0 amide bonds. The molecule has 0 bridgehead atoms. The summed E-state index contributed by atoms with van der Waals surface area (Å²) in [7, 11) is 0. The molecule has 2 rings (SSSR count). The zero-order chi connectivity index (χ0) is 12.3. The summed E-state index contributed by atoms with van der Waals surface area (Å²) in [5.41, 5.74) is 7.32. The lowest BCUT2D eigenvalue weighted by Crippen LogP contribution is -2.00. The smallest absolute Gasteiger partial charge is 0.159 e. The molecule has 1 aromatic carbocycles. The largest absolute Gasteiger partial charge is 0.326 e. The van der Waals surface area contributed by atoms with Crippen LogP contribution in [0.25, 0.3) is 11.1 Å². The van der Waals surface area contributed by atoms with Crippen LogP contribution in [0.5, 0.6) is 0 Å². The highest BCUT2D eigenvalue weighted by atomic mass is 19.1. The molecule has 0 saturated heterocycles. The molecule has 0 atom stereocenters. The molecule has 0 aliphatic rings. The Kier molecular flexibility index (Phi) is 3.39. The number of benzene rings is 1. The summed E-state index contributed by atoms with van der Waals surface area (Å²) in [6.45, 7) is -0.569. The number of hydrogen-bond donors (Lipinski definition) is 1. The highest BCUT2D eigenvalue weighted by molar-refractivity contribution is 5.62. The van der Waals surface area contributed by atoms with Crippen LogP contribution in [-0.2, 0) is 13.2 Å². The molecule has 0 radical (unpaired) electrons. The predicted molar refractivity (Wildman–Crippen MR) is 60.1 cm³/mol. The summed E-state index contributed by atoms with van der Waals surface area (Å²) < 4.78 is 25.5. The van der Waals surface area contributed by atoms with E-state index in [2.05, 4.69) is 9.97 Å². The van der Waals surface area contributed by atoms with Gasteiger partial charge in [-0.15, -0.1) is 0 Å². The lowest BCUT2D eigenvalue weighted by atomic mass is 10.1. The van der Waals surface area contributed by atoms with Crippen molar-refractivity contribution in [3.8, 4) is 11.1 Å². The van der Waals surface area contributed by atoms with Crippen LogP contribution >= 0.6 is 0 Å². The molecule has 1 heterocycles. The van der Waals surface area contributed by atoms with Crippen LogP contribution in [0.3, 0.4) is 0 Å². The number of rotatable bonds is 3. The number of hydrogen-bond acceptors (Lipinski definition) is 3. The van der Waals surface area contributed by atoms with Crippen molar-refractivity contribution in [1.29, 1.82) is 0 Å². The Hall–Kier alpha value is -1.88. The Morgan fingerprint density at radius 1 is 1.12 bits per heavy atom. The molecule has 0 aliphatic carbocycles. The predicted octanol–water partition coefficient (Wildman–Crippen LogP) is 2.21. The number of nitrogens with two attached hydrogens (primary N) is 1. The van der Waals surface area contributed by atoms with Gasteiger partial charge in [0, 0.05) is 30.1 Å². The van der Waals surface area contributed by atoms with Crippen molar-refractivity contribution in [1.82, 2.24) is 9.97 Å². The van der Waals surface area contributed by atoms with E-state index in [-0.39, 0.29) is 18.2 Å². The summed E-state index contributed by atoms with van der Waals surface area (Å²) in [5.74, 6) is -0.201. The second-order valence-corrected chi connectivity index (χ2v) is 3.53. The lowest BCUT2D eigenvalue weighted by Gasteiger charge is -2.05. The van der Waals surface area contributed by atoms with Gasteiger partial charge in [0.15, 0.2) is 5.82 Å². The summed E-state index contributed by atoms with van der Waals surface area (Å²) in [6.07, 6.45) is 3.02. The Balaban J connectivity index is 2.38. The maximum absolute atomic E-state index is 13.2. The van der Waals surface area contributed by atoms with E-state index in [0.717, 1.165) is 5.56 Å². The number of nitrogens with zero attached hydrogens (tertiary/aromatic N) is 2. The average molecular weight is 235 g/mol. The molecule has 0 fully saturated rings. The van der Waals surface area contributed by atoms with Gasteiger partial charge in [0.1, 0.15) is 12.5 Å². The number of halogens is 2. The van der Waals surface area contributed by atoms with Gasteiger partial charge in [-0.2, -0.15) is 0 Å². The van der Waals surface area contributed by atoms with Crippen molar-refractivity contribution in [3.63, 3.8) is 0 Å². The third-order valence-corrected chi connectivity index (χ3v) is 2.42. The molecule has 3 nitrogen and oxygen atoms in total. The second kappa shape index (κ2) is 4.97. The van der Waals surface area contributed by atoms with Crippen molar-refractivity contribution >= 4 is 0 Å². The van der Waals surface area contributed by atoms with Gasteiger partial charge in [-0.3, -0.25) is 0 Å². The first kappa shape index (κ1) is 11.6. The molecule has 17 heavy (non-hydrogen) atoms. The highest BCUT2D eigenvalue weighted by Crippen LogP contribution is 2.20. The van der Waals surface area contributed by atoms with Gasteiger partial charge < -0.3 is 5.73 Å². The first-order valence-corrected chi connectivity index (χ1v) is 5.10. The minimum Gasteiger partial charge on any atom is -0.326 e. The van der Waals surface area contributed by atoms with E-state index in [4.69, 9.17) is 5.73 Å². The fourth-order valence-electron chi connectivity index (χ4n) is 1.48. The fourth-order valence-corrected chi connectivity index (χ4v) is 1.48. The summed E-state index contributed by atoms with van der Waals surface area (Å²) in [5, 5.41) is 0. The van der Waals surface area contributed by atoms with Gasteiger partial charge in [0.2, 0.25) is 0 Å². The van der Waals surface area contributed by atoms with Gasteiger partial charge >= 0.3 is 0 Å². The molecular formula is C12H11F2N3. The highest BCUT2D eigenvalue weighted by Gasteiger charge is 2.05. The molecule has 88 valence electrons. The topological polar surface area (TPSA) is 51.8 Å². The van der Waals surface area contributed by atoms with Gasteiger partial charge in [-0.25, -0.2) is 18.7 Å². The van der Waals surface area contributed by atoms with E-state index < -0.39 is 6.67 Å². The Bertz CT molecular complexity index is 512. The number of alkyl halides is 1. The van der Waals surface area contributed by atoms with E-state index in [1.54, 1.807) is 12.1 Å². The SMILES string of the molecule is NCc1cc(-c2cnc(CF)nc2)ccc1F. The zero-order valence-electron chi connectivity index (χ0n) is 9.03. The van der Waals surface area contributed by atoms with Crippen LogP contribution < -0.4 is 5.73 Å². The van der Waals surface area contributed by atoms with Crippen molar-refractivity contribution in [2.75, 3.05) is 0 Å². The molecule has 0 saturated carbocycles. The lowest BCUT2D eigenvalue weighted by molar-refractivity contribution is 0.465. The minimum absolute atomic E-state index is 0.128. The molecule has 2 aromatic rings. The summed E-state index contributed by atoms with van der Waals surface area (Å²) in [6, 6.07) is 4.60. The molecule has 5 heteroatoms. The molecule has 0 unspecified atom stereocenters. The van der Waals surface area contributed by atoms with E-state index >= 15 is 0 Å². The molecule has 1 aromatic heterocycles. The fraction of sp³-hybridized carbons (Fsp3) is 0.167. The molecule has 0 spiro atoms.